The number of hydrogen-bond acceptors (Lipinski definition) is 4. The van der Waals surface area contributed by atoms with E-state index < -0.39 is 0 Å². The Hall–Kier alpha value is -2.34. The van der Waals surface area contributed by atoms with Crippen LogP contribution in [0.5, 0.6) is 0 Å². The lowest BCUT2D eigenvalue weighted by molar-refractivity contribution is 0.713. The van der Waals surface area contributed by atoms with E-state index in [0.717, 1.165) is 11.3 Å². The Balaban J connectivity index is 2.01. The van der Waals surface area contributed by atoms with Gasteiger partial charge in [-0.25, -0.2) is 4.79 Å². The van der Waals surface area contributed by atoms with Crippen molar-refractivity contribution < 1.29 is 0 Å². The predicted molar refractivity (Wildman–Crippen MR) is 86.6 cm³/mol. The molecule has 5 nitrogen and oxygen atoms in total. The Morgan fingerprint density at radius 2 is 1.86 bits per heavy atom. The fourth-order valence-electron chi connectivity index (χ4n) is 2.20. The third-order valence-electron chi connectivity index (χ3n) is 3.38. The van der Waals surface area contributed by atoms with Crippen LogP contribution in [-0.4, -0.2) is 23.6 Å². The molecule has 0 spiro atoms. The molecule has 0 amide bonds. The number of aromatic nitrogens is 2. The van der Waals surface area contributed by atoms with Crippen molar-refractivity contribution in [3.8, 4) is 0 Å². The van der Waals surface area contributed by atoms with E-state index >= 15 is 0 Å². The first-order valence-corrected chi connectivity index (χ1v) is 7.41. The molecule has 3 rings (SSSR count). The maximum Gasteiger partial charge on any atom is 0.329 e. The highest BCUT2D eigenvalue weighted by Crippen LogP contribution is 2.14. The van der Waals surface area contributed by atoms with Crippen molar-refractivity contribution in [1.82, 2.24) is 9.55 Å². The van der Waals surface area contributed by atoms with E-state index in [4.69, 9.17) is 0 Å². The molecule has 0 saturated heterocycles. The van der Waals surface area contributed by atoms with Crippen LogP contribution in [0.2, 0.25) is 0 Å². The summed E-state index contributed by atoms with van der Waals surface area (Å²) in [5.74, 6) is 0. The van der Waals surface area contributed by atoms with Gasteiger partial charge in [-0.1, -0.05) is 12.1 Å². The van der Waals surface area contributed by atoms with Gasteiger partial charge in [0.05, 0.1) is 12.1 Å². The van der Waals surface area contributed by atoms with E-state index in [-0.39, 0.29) is 17.8 Å². The average molecular weight is 301 g/mol. The topological polar surface area (TPSA) is 58.1 Å². The lowest BCUT2D eigenvalue weighted by atomic mass is 10.2. The summed E-state index contributed by atoms with van der Waals surface area (Å²) in [5, 5.41) is 1.80. The molecule has 0 aliphatic rings. The number of nitrogens with zero attached hydrogens (tertiary/aromatic N) is 2. The van der Waals surface area contributed by atoms with E-state index in [1.165, 1.54) is 15.9 Å². The number of anilines is 1. The summed E-state index contributed by atoms with van der Waals surface area (Å²) in [6, 6.07) is 9.55. The highest BCUT2D eigenvalue weighted by atomic mass is 32.1. The molecule has 108 valence electrons. The summed E-state index contributed by atoms with van der Waals surface area (Å²) in [7, 11) is 3.93. The minimum atomic E-state index is -0.373. The first kappa shape index (κ1) is 13.6. The number of H-pyrrole nitrogens is 1. The zero-order valence-corrected chi connectivity index (χ0v) is 12.6. The summed E-state index contributed by atoms with van der Waals surface area (Å²) in [5.41, 5.74) is 2.00. The standard InChI is InChI=1S/C15H15N3O2S/c1-17(2)11-5-3-10(4-6-11)9-18-14(19)13-12(7-8-21-13)16-15(18)20/h3-8H,9H2,1-2H3,(H,16,20). The van der Waals surface area contributed by atoms with Gasteiger partial charge < -0.3 is 9.88 Å². The van der Waals surface area contributed by atoms with Crippen LogP contribution in [0.1, 0.15) is 5.56 Å². The lowest BCUT2D eigenvalue weighted by Crippen LogP contribution is -2.34. The average Bonchev–Trinajstić information content (AvgIpc) is 2.92. The zero-order chi connectivity index (χ0) is 15.0. The SMILES string of the molecule is CN(C)c1ccc(Cn2c(=O)[nH]c3ccsc3c2=O)cc1. The molecular weight excluding hydrogens is 286 g/mol. The van der Waals surface area contributed by atoms with Crippen LogP contribution >= 0.6 is 11.3 Å². The van der Waals surface area contributed by atoms with Gasteiger partial charge in [-0.05, 0) is 29.1 Å². The lowest BCUT2D eigenvalue weighted by Gasteiger charge is -2.13. The molecule has 1 N–H and O–H groups in total. The fourth-order valence-corrected chi connectivity index (χ4v) is 2.99. The summed E-state index contributed by atoms with van der Waals surface area (Å²) in [4.78, 5) is 29.1. The molecular formula is C15H15N3O2S. The minimum absolute atomic E-state index is 0.236. The van der Waals surface area contributed by atoms with Crippen molar-refractivity contribution >= 4 is 27.2 Å². The Bertz CT molecular complexity index is 888. The zero-order valence-electron chi connectivity index (χ0n) is 11.8. The van der Waals surface area contributed by atoms with Crippen molar-refractivity contribution in [3.05, 3.63) is 62.1 Å². The van der Waals surface area contributed by atoms with E-state index in [9.17, 15) is 9.59 Å². The van der Waals surface area contributed by atoms with Crippen molar-refractivity contribution in [2.75, 3.05) is 19.0 Å². The number of thiophene rings is 1. The van der Waals surface area contributed by atoms with Crippen LogP contribution in [0.4, 0.5) is 5.69 Å². The molecule has 0 unspecified atom stereocenters. The van der Waals surface area contributed by atoms with Gasteiger partial charge in [0.15, 0.2) is 0 Å². The Labute approximate surface area is 125 Å². The summed E-state index contributed by atoms with van der Waals surface area (Å²) < 4.78 is 1.82. The number of benzene rings is 1. The molecule has 2 heterocycles. The minimum Gasteiger partial charge on any atom is -0.378 e. The van der Waals surface area contributed by atoms with E-state index in [2.05, 4.69) is 4.98 Å². The van der Waals surface area contributed by atoms with Gasteiger partial charge >= 0.3 is 5.69 Å². The van der Waals surface area contributed by atoms with Gasteiger partial charge in [-0.2, -0.15) is 0 Å². The summed E-state index contributed by atoms with van der Waals surface area (Å²) in [6.45, 7) is 0.274. The second-order valence-corrected chi connectivity index (χ2v) is 5.96. The first-order valence-electron chi connectivity index (χ1n) is 6.53. The first-order chi connectivity index (χ1) is 10.1. The third kappa shape index (κ3) is 2.50. The molecule has 0 aliphatic heterocycles. The van der Waals surface area contributed by atoms with Crippen LogP contribution in [0, 0.1) is 0 Å². The molecule has 0 saturated carbocycles. The molecule has 3 aromatic rings. The Morgan fingerprint density at radius 1 is 1.14 bits per heavy atom. The molecule has 0 aliphatic carbocycles. The van der Waals surface area contributed by atoms with Crippen molar-refractivity contribution in [2.24, 2.45) is 0 Å². The van der Waals surface area contributed by atoms with Gasteiger partial charge in [0, 0.05) is 19.8 Å². The van der Waals surface area contributed by atoms with E-state index in [0.29, 0.717) is 10.2 Å². The van der Waals surface area contributed by atoms with Gasteiger partial charge in [0.25, 0.3) is 5.56 Å². The largest absolute Gasteiger partial charge is 0.378 e. The second-order valence-electron chi connectivity index (χ2n) is 5.05. The van der Waals surface area contributed by atoms with Gasteiger partial charge in [0.1, 0.15) is 4.70 Å². The van der Waals surface area contributed by atoms with Crippen molar-refractivity contribution in [1.29, 1.82) is 0 Å². The van der Waals surface area contributed by atoms with Crippen molar-refractivity contribution in [2.45, 2.75) is 6.54 Å². The fraction of sp³-hybridized carbons (Fsp3) is 0.200. The molecule has 0 bridgehead atoms. The quantitative estimate of drug-likeness (QED) is 0.803. The second kappa shape index (κ2) is 5.21. The molecule has 1 aromatic carbocycles. The Morgan fingerprint density at radius 3 is 2.52 bits per heavy atom. The molecule has 6 heteroatoms. The number of aromatic amines is 1. The molecule has 21 heavy (non-hydrogen) atoms. The smallest absolute Gasteiger partial charge is 0.329 e. The van der Waals surface area contributed by atoms with Crippen LogP contribution in [0.3, 0.4) is 0 Å². The maximum atomic E-state index is 12.3. The monoisotopic (exact) mass is 301 g/mol. The molecule has 0 radical (unpaired) electrons. The van der Waals surface area contributed by atoms with Crippen LogP contribution in [0.15, 0.2) is 45.3 Å². The molecule has 2 aromatic heterocycles. The van der Waals surface area contributed by atoms with Crippen LogP contribution in [-0.2, 0) is 6.54 Å². The highest BCUT2D eigenvalue weighted by molar-refractivity contribution is 7.17. The van der Waals surface area contributed by atoms with Crippen LogP contribution < -0.4 is 16.1 Å². The highest BCUT2D eigenvalue weighted by Gasteiger charge is 2.09. The van der Waals surface area contributed by atoms with Crippen LogP contribution in [0.25, 0.3) is 10.2 Å². The molecule has 0 atom stereocenters. The van der Waals surface area contributed by atoms with Gasteiger partial charge in [-0.3, -0.25) is 9.36 Å². The normalized spacial score (nSPS) is 11.0. The number of hydrogen-bond donors (Lipinski definition) is 1. The number of nitrogens with one attached hydrogen (secondary N) is 1. The van der Waals surface area contributed by atoms with E-state index in [1.54, 1.807) is 11.4 Å². The van der Waals surface area contributed by atoms with Gasteiger partial charge in [-0.15, -0.1) is 11.3 Å². The maximum absolute atomic E-state index is 12.3. The Kier molecular flexibility index (Phi) is 3.39. The predicted octanol–water partition coefficient (Wildman–Crippen LogP) is 1.87. The number of fused-ring (bicyclic) bond motifs is 1. The third-order valence-corrected chi connectivity index (χ3v) is 4.29. The summed E-state index contributed by atoms with van der Waals surface area (Å²) in [6.07, 6.45) is 0. The molecule has 0 fully saturated rings. The van der Waals surface area contributed by atoms with Gasteiger partial charge in [0.2, 0.25) is 0 Å². The van der Waals surface area contributed by atoms with Crippen molar-refractivity contribution in [3.63, 3.8) is 0 Å². The summed E-state index contributed by atoms with van der Waals surface area (Å²) >= 11 is 1.34. The number of rotatable bonds is 3. The van der Waals surface area contributed by atoms with E-state index in [1.807, 2.05) is 43.3 Å².